The number of nitrogens with zero attached hydrogens (tertiary/aromatic N) is 1. The van der Waals surface area contributed by atoms with Crippen LogP contribution in [0.5, 0.6) is 0 Å². The Morgan fingerprint density at radius 3 is 2.60 bits per heavy atom. The van der Waals surface area contributed by atoms with Gasteiger partial charge in [-0.1, -0.05) is 17.7 Å². The van der Waals surface area contributed by atoms with Crippen LogP contribution in [-0.4, -0.2) is 10.9 Å². The lowest BCUT2D eigenvalue weighted by Gasteiger charge is -2.14. The number of rotatable bonds is 2. The summed E-state index contributed by atoms with van der Waals surface area (Å²) in [4.78, 5) is 17.9. The maximum atomic E-state index is 13.1. The predicted molar refractivity (Wildman–Crippen MR) is 103 cm³/mol. The van der Waals surface area contributed by atoms with Crippen molar-refractivity contribution in [3.63, 3.8) is 0 Å². The molecule has 4 rings (SSSR count). The molecule has 3 aromatic rings. The fourth-order valence-electron chi connectivity index (χ4n) is 3.73. The third kappa shape index (κ3) is 3.00. The van der Waals surface area contributed by atoms with E-state index in [-0.39, 0.29) is 5.91 Å². The lowest BCUT2D eigenvalue weighted by atomic mass is 10.00. The Balaban J connectivity index is 1.84. The molecule has 2 aromatic carbocycles. The first-order chi connectivity index (χ1) is 12.0. The third-order valence-corrected chi connectivity index (χ3v) is 4.92. The van der Waals surface area contributed by atoms with E-state index in [1.54, 1.807) is 0 Å². The number of nitrogens with one attached hydrogen (secondary N) is 1. The van der Waals surface area contributed by atoms with Crippen LogP contribution < -0.4 is 5.32 Å². The molecule has 0 saturated carbocycles. The Labute approximate surface area is 152 Å². The molecule has 0 radical (unpaired) electrons. The van der Waals surface area contributed by atoms with Gasteiger partial charge in [0.1, 0.15) is 0 Å². The maximum absolute atomic E-state index is 13.1. The monoisotopic (exact) mass is 350 g/mol. The van der Waals surface area contributed by atoms with E-state index < -0.39 is 0 Å². The molecule has 1 heterocycles. The van der Waals surface area contributed by atoms with Crippen molar-refractivity contribution >= 4 is 34.1 Å². The predicted octanol–water partition coefficient (Wildman–Crippen LogP) is 5.25. The molecule has 1 amide bonds. The number of halogens is 1. The van der Waals surface area contributed by atoms with E-state index >= 15 is 0 Å². The molecule has 3 nitrogen and oxygen atoms in total. The Bertz CT molecular complexity index is 990. The number of aryl methyl sites for hydroxylation is 3. The number of aromatic nitrogens is 1. The molecule has 126 valence electrons. The molecule has 4 heteroatoms. The topological polar surface area (TPSA) is 42.0 Å². The van der Waals surface area contributed by atoms with E-state index in [0.29, 0.717) is 5.02 Å². The van der Waals surface area contributed by atoms with Gasteiger partial charge in [0, 0.05) is 21.8 Å². The summed E-state index contributed by atoms with van der Waals surface area (Å²) in [6.07, 6.45) is 2.86. The largest absolute Gasteiger partial charge is 0.322 e. The minimum atomic E-state index is -0.0854. The molecule has 0 fully saturated rings. The molecule has 0 unspecified atom stereocenters. The summed E-state index contributed by atoms with van der Waals surface area (Å²) in [7, 11) is 0. The highest BCUT2D eigenvalue weighted by molar-refractivity contribution is 6.31. The van der Waals surface area contributed by atoms with Gasteiger partial charge >= 0.3 is 0 Å². The quantitative estimate of drug-likeness (QED) is 0.686. The van der Waals surface area contributed by atoms with Crippen LogP contribution in [0, 0.1) is 13.8 Å². The fraction of sp³-hybridized carbons (Fsp3) is 0.238. The molecular formula is C21H19ClN2O. The van der Waals surface area contributed by atoms with E-state index in [1.807, 2.05) is 44.2 Å². The van der Waals surface area contributed by atoms with Gasteiger partial charge in [0.05, 0.1) is 11.1 Å². The van der Waals surface area contributed by atoms with Gasteiger partial charge in [0.25, 0.3) is 5.91 Å². The highest BCUT2D eigenvalue weighted by atomic mass is 35.5. The average molecular weight is 351 g/mol. The highest BCUT2D eigenvalue weighted by Crippen LogP contribution is 2.32. The molecule has 0 atom stereocenters. The first-order valence-electron chi connectivity index (χ1n) is 8.52. The molecule has 1 aromatic heterocycles. The van der Waals surface area contributed by atoms with Crippen molar-refractivity contribution < 1.29 is 4.79 Å². The number of hydrogen-bond acceptors (Lipinski definition) is 2. The van der Waals surface area contributed by atoms with Crippen LogP contribution in [0.2, 0.25) is 5.02 Å². The first-order valence-corrected chi connectivity index (χ1v) is 8.90. The van der Waals surface area contributed by atoms with Gasteiger partial charge in [-0.2, -0.15) is 0 Å². The van der Waals surface area contributed by atoms with Gasteiger partial charge < -0.3 is 5.32 Å². The minimum absolute atomic E-state index is 0.0854. The maximum Gasteiger partial charge on any atom is 0.256 e. The molecule has 0 aliphatic heterocycles. The normalized spacial score (nSPS) is 13.1. The molecule has 25 heavy (non-hydrogen) atoms. The van der Waals surface area contributed by atoms with Crippen LogP contribution >= 0.6 is 11.6 Å². The molecule has 0 saturated heterocycles. The second-order valence-corrected chi connectivity index (χ2v) is 7.19. The summed E-state index contributed by atoms with van der Waals surface area (Å²) in [6.45, 7) is 4.06. The zero-order valence-corrected chi connectivity index (χ0v) is 15.1. The van der Waals surface area contributed by atoms with Gasteiger partial charge in [-0.3, -0.25) is 9.78 Å². The van der Waals surface area contributed by atoms with Crippen molar-refractivity contribution in [2.45, 2.75) is 33.1 Å². The van der Waals surface area contributed by atoms with E-state index in [4.69, 9.17) is 16.6 Å². The van der Waals surface area contributed by atoms with Gasteiger partial charge in [-0.25, -0.2) is 0 Å². The first kappa shape index (κ1) is 16.1. The number of carbonyl (C=O) groups is 1. The average Bonchev–Trinajstić information content (AvgIpc) is 2.99. The second kappa shape index (κ2) is 6.16. The Hall–Kier alpha value is -2.39. The van der Waals surface area contributed by atoms with Crippen LogP contribution in [-0.2, 0) is 12.8 Å². The zero-order valence-electron chi connectivity index (χ0n) is 14.3. The molecule has 1 aliphatic carbocycles. The highest BCUT2D eigenvalue weighted by Gasteiger charge is 2.24. The summed E-state index contributed by atoms with van der Waals surface area (Å²) in [5, 5.41) is 4.52. The van der Waals surface area contributed by atoms with Crippen LogP contribution in [0.15, 0.2) is 36.4 Å². The summed E-state index contributed by atoms with van der Waals surface area (Å²) < 4.78 is 0. The van der Waals surface area contributed by atoms with Gasteiger partial charge in [-0.15, -0.1) is 0 Å². The van der Waals surface area contributed by atoms with E-state index in [9.17, 15) is 4.79 Å². The van der Waals surface area contributed by atoms with Crippen molar-refractivity contribution in [2.24, 2.45) is 0 Å². The number of fused-ring (bicyclic) bond motifs is 2. The number of benzene rings is 2. The molecule has 1 aliphatic rings. The van der Waals surface area contributed by atoms with Gasteiger partial charge in [0.15, 0.2) is 0 Å². The number of pyridine rings is 1. The Kier molecular flexibility index (Phi) is 3.97. The standard InChI is InChI=1S/C21H19ClN2O/c1-12-8-13(2)10-15(9-12)23-21(25)20-16-4-3-5-18(16)24-19-7-6-14(22)11-17(19)20/h6-11H,3-5H2,1-2H3,(H,23,25). The van der Waals surface area contributed by atoms with Crippen LogP contribution in [0.1, 0.15) is 39.2 Å². The SMILES string of the molecule is Cc1cc(C)cc(NC(=O)c2c3c(nc4ccc(Cl)cc24)CCC3)c1. The molecule has 1 N–H and O–H groups in total. The molecule has 0 bridgehead atoms. The van der Waals surface area contributed by atoms with Crippen LogP contribution in [0.25, 0.3) is 10.9 Å². The van der Waals surface area contributed by atoms with Gasteiger partial charge in [0.2, 0.25) is 0 Å². The summed E-state index contributed by atoms with van der Waals surface area (Å²) in [6, 6.07) is 11.6. The Morgan fingerprint density at radius 1 is 1.08 bits per heavy atom. The summed E-state index contributed by atoms with van der Waals surface area (Å²) >= 11 is 6.19. The number of amides is 1. The molecular weight excluding hydrogens is 332 g/mol. The Morgan fingerprint density at radius 2 is 1.84 bits per heavy atom. The van der Waals surface area contributed by atoms with E-state index in [1.165, 1.54) is 0 Å². The number of anilines is 1. The van der Waals surface area contributed by atoms with Crippen molar-refractivity contribution in [1.29, 1.82) is 0 Å². The number of hydrogen-bond donors (Lipinski definition) is 1. The van der Waals surface area contributed by atoms with Crippen LogP contribution in [0.3, 0.4) is 0 Å². The van der Waals surface area contributed by atoms with Gasteiger partial charge in [-0.05, 0) is 80.1 Å². The second-order valence-electron chi connectivity index (χ2n) is 6.76. The van der Waals surface area contributed by atoms with Crippen LogP contribution in [0.4, 0.5) is 5.69 Å². The van der Waals surface area contributed by atoms with Crippen molar-refractivity contribution in [3.05, 3.63) is 69.4 Å². The lowest BCUT2D eigenvalue weighted by Crippen LogP contribution is -2.16. The zero-order chi connectivity index (χ0) is 17.6. The van der Waals surface area contributed by atoms with Crippen molar-refractivity contribution in [2.75, 3.05) is 5.32 Å². The fourth-order valence-corrected chi connectivity index (χ4v) is 3.91. The van der Waals surface area contributed by atoms with E-state index in [0.717, 1.165) is 63.8 Å². The number of carbonyl (C=O) groups excluding carboxylic acids is 1. The minimum Gasteiger partial charge on any atom is -0.322 e. The molecule has 0 spiro atoms. The van der Waals surface area contributed by atoms with E-state index in [2.05, 4.69) is 11.4 Å². The summed E-state index contributed by atoms with van der Waals surface area (Å²) in [5.74, 6) is -0.0854. The van der Waals surface area contributed by atoms with Crippen molar-refractivity contribution in [3.8, 4) is 0 Å². The third-order valence-electron chi connectivity index (χ3n) is 4.68. The van der Waals surface area contributed by atoms with Crippen molar-refractivity contribution in [1.82, 2.24) is 4.98 Å². The lowest BCUT2D eigenvalue weighted by molar-refractivity contribution is 0.102. The smallest absolute Gasteiger partial charge is 0.256 e. The summed E-state index contributed by atoms with van der Waals surface area (Å²) in [5.41, 5.74) is 6.74.